The van der Waals surface area contributed by atoms with Crippen molar-refractivity contribution >= 4 is 11.8 Å². The summed E-state index contributed by atoms with van der Waals surface area (Å²) in [7, 11) is 0. The zero-order chi connectivity index (χ0) is 17.6. The number of likely N-dealkylation sites (tertiary alicyclic amines) is 1. The van der Waals surface area contributed by atoms with Crippen LogP contribution in [-0.4, -0.2) is 35.8 Å². The van der Waals surface area contributed by atoms with E-state index in [1.165, 1.54) is 6.42 Å². The van der Waals surface area contributed by atoms with Crippen LogP contribution in [0.3, 0.4) is 0 Å². The topological polar surface area (TPSA) is 73.2 Å². The summed E-state index contributed by atoms with van der Waals surface area (Å²) >= 11 is 0. The predicted molar refractivity (Wildman–Crippen MR) is 94.8 cm³/mol. The summed E-state index contributed by atoms with van der Waals surface area (Å²) in [5.74, 6) is 0.394. The molecule has 0 aromatic heterocycles. The van der Waals surface area contributed by atoms with Crippen LogP contribution in [0, 0.1) is 17.2 Å². The van der Waals surface area contributed by atoms with Crippen LogP contribution in [0.4, 0.5) is 0 Å². The van der Waals surface area contributed by atoms with E-state index in [0.717, 1.165) is 38.5 Å². The average molecular weight is 339 g/mol. The number of nitriles is 1. The zero-order valence-electron chi connectivity index (χ0n) is 14.5. The maximum Gasteiger partial charge on any atom is 0.253 e. The number of benzene rings is 1. The highest BCUT2D eigenvalue weighted by atomic mass is 16.2. The SMILES string of the molecule is N#Cc1ccc(C(=O)N2CCC(NC(=O)C3CCCCC3)CC2)cc1. The summed E-state index contributed by atoms with van der Waals surface area (Å²) in [5, 5.41) is 12.0. The number of nitrogens with zero attached hydrogens (tertiary/aromatic N) is 2. The highest BCUT2D eigenvalue weighted by Gasteiger charge is 2.27. The molecule has 1 aromatic rings. The molecule has 0 atom stereocenters. The molecule has 1 N–H and O–H groups in total. The molecule has 0 spiro atoms. The van der Waals surface area contributed by atoms with Crippen molar-refractivity contribution in [2.75, 3.05) is 13.1 Å². The van der Waals surface area contributed by atoms with Gasteiger partial charge in [0.15, 0.2) is 0 Å². The van der Waals surface area contributed by atoms with Gasteiger partial charge in [-0.3, -0.25) is 9.59 Å². The Bertz CT molecular complexity index is 649. The second kappa shape index (κ2) is 8.15. The molecule has 1 aromatic carbocycles. The van der Waals surface area contributed by atoms with E-state index < -0.39 is 0 Å². The Balaban J connectivity index is 1.48. The van der Waals surface area contributed by atoms with Gasteiger partial charge in [0.2, 0.25) is 5.91 Å². The van der Waals surface area contributed by atoms with Crippen molar-refractivity contribution in [3.05, 3.63) is 35.4 Å². The maximum atomic E-state index is 12.5. The van der Waals surface area contributed by atoms with Crippen LogP contribution in [0.2, 0.25) is 0 Å². The number of nitrogens with one attached hydrogen (secondary N) is 1. The Morgan fingerprint density at radius 2 is 1.64 bits per heavy atom. The molecule has 2 fully saturated rings. The summed E-state index contributed by atoms with van der Waals surface area (Å²) in [6, 6.07) is 8.99. The van der Waals surface area contributed by atoms with Crippen molar-refractivity contribution in [2.45, 2.75) is 51.0 Å². The molecule has 1 saturated carbocycles. The summed E-state index contributed by atoms with van der Waals surface area (Å²) in [6.45, 7) is 1.32. The lowest BCUT2D eigenvalue weighted by Gasteiger charge is -2.33. The lowest BCUT2D eigenvalue weighted by Crippen LogP contribution is -2.48. The Morgan fingerprint density at radius 3 is 2.24 bits per heavy atom. The molecule has 2 aliphatic rings. The second-order valence-electron chi connectivity index (χ2n) is 7.10. The van der Waals surface area contributed by atoms with Crippen molar-refractivity contribution in [3.8, 4) is 6.07 Å². The van der Waals surface area contributed by atoms with Crippen molar-refractivity contribution in [1.29, 1.82) is 5.26 Å². The van der Waals surface area contributed by atoms with E-state index in [1.54, 1.807) is 24.3 Å². The molecule has 1 heterocycles. The number of amides is 2. The second-order valence-corrected chi connectivity index (χ2v) is 7.10. The zero-order valence-corrected chi connectivity index (χ0v) is 14.5. The van der Waals surface area contributed by atoms with Gasteiger partial charge in [-0.25, -0.2) is 0 Å². The molecule has 1 saturated heterocycles. The Hall–Kier alpha value is -2.35. The summed E-state index contributed by atoms with van der Waals surface area (Å²) in [5.41, 5.74) is 1.17. The van der Waals surface area contributed by atoms with Crippen LogP contribution in [0.25, 0.3) is 0 Å². The van der Waals surface area contributed by atoms with E-state index in [-0.39, 0.29) is 23.8 Å². The molecule has 1 aliphatic heterocycles. The van der Waals surface area contributed by atoms with Gasteiger partial charge in [-0.15, -0.1) is 0 Å². The highest BCUT2D eigenvalue weighted by Crippen LogP contribution is 2.24. The first-order chi connectivity index (χ1) is 12.2. The van der Waals surface area contributed by atoms with E-state index in [9.17, 15) is 9.59 Å². The van der Waals surface area contributed by atoms with E-state index in [1.807, 2.05) is 4.90 Å². The lowest BCUT2D eigenvalue weighted by atomic mass is 9.88. The summed E-state index contributed by atoms with van der Waals surface area (Å²) < 4.78 is 0. The lowest BCUT2D eigenvalue weighted by molar-refractivity contribution is -0.126. The number of piperidine rings is 1. The van der Waals surface area contributed by atoms with E-state index >= 15 is 0 Å². The Morgan fingerprint density at radius 1 is 1.00 bits per heavy atom. The maximum absolute atomic E-state index is 12.5. The van der Waals surface area contributed by atoms with Gasteiger partial charge in [0, 0.05) is 30.6 Å². The number of hydrogen-bond acceptors (Lipinski definition) is 3. The summed E-state index contributed by atoms with van der Waals surface area (Å²) in [4.78, 5) is 26.7. The van der Waals surface area contributed by atoms with Crippen LogP contribution in [0.5, 0.6) is 0 Å². The highest BCUT2D eigenvalue weighted by molar-refractivity contribution is 5.94. The molecular weight excluding hydrogens is 314 g/mol. The third kappa shape index (κ3) is 4.39. The van der Waals surface area contributed by atoms with Gasteiger partial charge >= 0.3 is 0 Å². The molecule has 25 heavy (non-hydrogen) atoms. The Kier molecular flexibility index (Phi) is 5.70. The van der Waals surface area contributed by atoms with Crippen molar-refractivity contribution in [1.82, 2.24) is 10.2 Å². The van der Waals surface area contributed by atoms with Crippen LogP contribution in [-0.2, 0) is 4.79 Å². The standard InChI is InChI=1S/C20H25N3O2/c21-14-15-6-8-17(9-7-15)20(25)23-12-10-18(11-13-23)22-19(24)16-4-2-1-3-5-16/h6-9,16,18H,1-5,10-13H2,(H,22,24). The number of carbonyl (C=O) groups is 2. The smallest absolute Gasteiger partial charge is 0.253 e. The molecular formula is C20H25N3O2. The largest absolute Gasteiger partial charge is 0.353 e. The average Bonchev–Trinajstić information content (AvgIpc) is 2.69. The van der Waals surface area contributed by atoms with Gasteiger partial charge < -0.3 is 10.2 Å². The molecule has 0 radical (unpaired) electrons. The van der Waals surface area contributed by atoms with Crippen molar-refractivity contribution < 1.29 is 9.59 Å². The van der Waals surface area contributed by atoms with Crippen LogP contribution >= 0.6 is 0 Å². The predicted octanol–water partition coefficient (Wildman–Crippen LogP) is 2.86. The monoisotopic (exact) mass is 339 g/mol. The quantitative estimate of drug-likeness (QED) is 0.920. The molecule has 2 amide bonds. The van der Waals surface area contributed by atoms with Crippen molar-refractivity contribution in [3.63, 3.8) is 0 Å². The molecule has 1 aliphatic carbocycles. The normalized spacial score (nSPS) is 19.2. The van der Waals surface area contributed by atoms with Crippen LogP contribution in [0.15, 0.2) is 24.3 Å². The van der Waals surface area contributed by atoms with E-state index in [4.69, 9.17) is 5.26 Å². The van der Waals surface area contributed by atoms with Crippen LogP contribution < -0.4 is 5.32 Å². The minimum Gasteiger partial charge on any atom is -0.353 e. The minimum absolute atomic E-state index is 0.00143. The first kappa shape index (κ1) is 17.5. The van der Waals surface area contributed by atoms with Crippen molar-refractivity contribution in [2.24, 2.45) is 5.92 Å². The first-order valence-electron chi connectivity index (χ1n) is 9.27. The van der Waals surface area contributed by atoms with E-state index in [2.05, 4.69) is 11.4 Å². The molecule has 0 bridgehead atoms. The van der Waals surface area contributed by atoms with Gasteiger partial charge in [-0.2, -0.15) is 5.26 Å². The van der Waals surface area contributed by atoms with Crippen LogP contribution in [0.1, 0.15) is 60.9 Å². The first-order valence-corrected chi connectivity index (χ1v) is 9.27. The number of carbonyl (C=O) groups excluding carboxylic acids is 2. The number of hydrogen-bond donors (Lipinski definition) is 1. The fraction of sp³-hybridized carbons (Fsp3) is 0.550. The van der Waals surface area contributed by atoms with E-state index in [0.29, 0.717) is 24.2 Å². The minimum atomic E-state index is 0.00143. The number of rotatable bonds is 3. The third-order valence-corrected chi connectivity index (χ3v) is 5.37. The van der Waals surface area contributed by atoms with Gasteiger partial charge in [-0.05, 0) is 49.9 Å². The van der Waals surface area contributed by atoms with Gasteiger partial charge in [0.05, 0.1) is 11.6 Å². The molecule has 132 valence electrons. The van der Waals surface area contributed by atoms with Gasteiger partial charge in [0.25, 0.3) is 5.91 Å². The molecule has 3 rings (SSSR count). The third-order valence-electron chi connectivity index (χ3n) is 5.37. The van der Waals surface area contributed by atoms with Gasteiger partial charge in [0.1, 0.15) is 0 Å². The fourth-order valence-corrected chi connectivity index (χ4v) is 3.78. The molecule has 5 nitrogen and oxygen atoms in total. The molecule has 0 unspecified atom stereocenters. The fourth-order valence-electron chi connectivity index (χ4n) is 3.78. The summed E-state index contributed by atoms with van der Waals surface area (Å²) in [6.07, 6.45) is 7.22. The molecule has 5 heteroatoms. The Labute approximate surface area is 149 Å². The van der Waals surface area contributed by atoms with Gasteiger partial charge in [-0.1, -0.05) is 19.3 Å².